The van der Waals surface area contributed by atoms with E-state index in [-0.39, 0.29) is 28.9 Å². The maximum atomic E-state index is 12.9. The Morgan fingerprint density at radius 1 is 0.870 bits per heavy atom. The minimum atomic E-state index is -3.16. The summed E-state index contributed by atoms with van der Waals surface area (Å²) in [5.74, 6) is -0.342. The molecule has 6 nitrogen and oxygen atoms in total. The Morgan fingerprint density at radius 2 is 1.35 bits per heavy atom. The molecular weight excluding hydrogens is 338 g/mol. The summed E-state index contributed by atoms with van der Waals surface area (Å²) in [6.07, 6.45) is 0.745. The van der Waals surface area contributed by atoms with Gasteiger partial charge in [0, 0.05) is 17.6 Å². The van der Waals surface area contributed by atoms with Gasteiger partial charge in [0.25, 0.3) is 5.91 Å². The van der Waals surface area contributed by atoms with E-state index in [1.165, 1.54) is 4.90 Å². The van der Waals surface area contributed by atoms with Crippen LogP contribution in [0.25, 0.3) is 0 Å². The number of carbonyl (C=O) groups excluding carboxylic acids is 1. The van der Waals surface area contributed by atoms with E-state index in [1.807, 2.05) is 0 Å². The van der Waals surface area contributed by atoms with Gasteiger partial charge in [0.1, 0.15) is 0 Å². The van der Waals surface area contributed by atoms with Crippen molar-refractivity contribution in [3.8, 4) is 0 Å². The summed E-state index contributed by atoms with van der Waals surface area (Å²) >= 11 is 0. The van der Waals surface area contributed by atoms with E-state index < -0.39 is 31.8 Å². The standard InChI is InChI=1S/C15H19NO5S2/c17-15(12-4-2-1-3-5-12)16(13-6-8-22(18,19)10-13)14-7-9-23(20,21)11-14/h1-5,13-14H,6-11H2. The number of benzene rings is 1. The highest BCUT2D eigenvalue weighted by Crippen LogP contribution is 2.27. The number of rotatable bonds is 3. The summed E-state index contributed by atoms with van der Waals surface area (Å²) < 4.78 is 47.2. The Bertz CT molecular complexity index is 758. The van der Waals surface area contributed by atoms with Gasteiger partial charge in [-0.05, 0) is 25.0 Å². The lowest BCUT2D eigenvalue weighted by atomic mass is 10.1. The van der Waals surface area contributed by atoms with Gasteiger partial charge in [-0.1, -0.05) is 18.2 Å². The molecule has 0 N–H and O–H groups in total. The maximum Gasteiger partial charge on any atom is 0.254 e. The molecule has 0 bridgehead atoms. The first-order valence-corrected chi connectivity index (χ1v) is 11.2. The zero-order valence-electron chi connectivity index (χ0n) is 12.6. The molecule has 0 spiro atoms. The molecule has 8 heteroatoms. The van der Waals surface area contributed by atoms with Gasteiger partial charge in [-0.3, -0.25) is 4.79 Å². The van der Waals surface area contributed by atoms with Gasteiger partial charge in [-0.2, -0.15) is 0 Å². The van der Waals surface area contributed by atoms with Crippen molar-refractivity contribution in [2.45, 2.75) is 24.9 Å². The first kappa shape index (κ1) is 16.4. The van der Waals surface area contributed by atoms with Gasteiger partial charge in [0.2, 0.25) is 0 Å². The second-order valence-electron chi connectivity index (χ2n) is 6.19. The molecule has 2 fully saturated rings. The van der Waals surface area contributed by atoms with Crippen LogP contribution in [0, 0.1) is 0 Å². The van der Waals surface area contributed by atoms with Crippen molar-refractivity contribution in [3.05, 3.63) is 35.9 Å². The lowest BCUT2D eigenvalue weighted by molar-refractivity contribution is 0.0621. The Hall–Kier alpha value is -1.41. The topological polar surface area (TPSA) is 88.6 Å². The molecule has 1 aromatic rings. The summed E-state index contributed by atoms with van der Waals surface area (Å²) in [6.45, 7) is 0. The largest absolute Gasteiger partial charge is 0.331 e. The van der Waals surface area contributed by atoms with E-state index in [9.17, 15) is 21.6 Å². The van der Waals surface area contributed by atoms with Crippen LogP contribution in [0.3, 0.4) is 0 Å². The molecule has 3 rings (SSSR count). The van der Waals surface area contributed by atoms with Gasteiger partial charge in [0.05, 0.1) is 23.0 Å². The molecule has 23 heavy (non-hydrogen) atoms. The molecule has 0 aliphatic carbocycles. The van der Waals surface area contributed by atoms with Crippen molar-refractivity contribution >= 4 is 25.6 Å². The molecule has 2 heterocycles. The third kappa shape index (κ3) is 3.58. The predicted octanol–water partition coefficient (Wildman–Crippen LogP) is 0.503. The summed E-state index contributed by atoms with van der Waals surface area (Å²) in [5.41, 5.74) is 0.459. The number of amides is 1. The molecule has 2 aliphatic rings. The molecule has 2 aliphatic heterocycles. The van der Waals surface area contributed by atoms with E-state index in [0.717, 1.165) is 0 Å². The molecule has 1 aromatic carbocycles. The van der Waals surface area contributed by atoms with Crippen LogP contribution in [-0.4, -0.2) is 62.7 Å². The third-order valence-electron chi connectivity index (χ3n) is 4.46. The van der Waals surface area contributed by atoms with E-state index in [4.69, 9.17) is 0 Å². The molecule has 126 valence electrons. The number of hydrogen-bond donors (Lipinski definition) is 0. The van der Waals surface area contributed by atoms with Crippen LogP contribution < -0.4 is 0 Å². The van der Waals surface area contributed by atoms with Crippen LogP contribution in [0.2, 0.25) is 0 Å². The number of carbonyl (C=O) groups is 1. The van der Waals surface area contributed by atoms with Crippen molar-refractivity contribution < 1.29 is 21.6 Å². The monoisotopic (exact) mass is 357 g/mol. The SMILES string of the molecule is O=C(c1ccccc1)N(C1CCS(=O)(=O)C1)C1CCS(=O)(=O)C1. The maximum absolute atomic E-state index is 12.9. The van der Waals surface area contributed by atoms with Gasteiger partial charge in [0.15, 0.2) is 19.7 Å². The average molecular weight is 357 g/mol. The zero-order valence-corrected chi connectivity index (χ0v) is 14.2. The molecule has 0 radical (unpaired) electrons. The zero-order chi connectivity index (χ0) is 16.7. The quantitative estimate of drug-likeness (QED) is 0.786. The van der Waals surface area contributed by atoms with Crippen LogP contribution in [-0.2, 0) is 19.7 Å². The minimum absolute atomic E-state index is 0.0513. The highest BCUT2D eigenvalue weighted by molar-refractivity contribution is 7.92. The van der Waals surface area contributed by atoms with Gasteiger partial charge in [-0.15, -0.1) is 0 Å². The van der Waals surface area contributed by atoms with Gasteiger partial charge < -0.3 is 4.90 Å². The highest BCUT2D eigenvalue weighted by atomic mass is 32.2. The third-order valence-corrected chi connectivity index (χ3v) is 7.96. The van der Waals surface area contributed by atoms with E-state index in [0.29, 0.717) is 18.4 Å². The minimum Gasteiger partial charge on any atom is -0.331 e. The van der Waals surface area contributed by atoms with E-state index in [1.54, 1.807) is 30.3 Å². The smallest absolute Gasteiger partial charge is 0.254 e. The number of sulfone groups is 2. The molecule has 2 saturated heterocycles. The Labute approximate surface area is 136 Å². The second kappa shape index (κ2) is 5.90. The Morgan fingerprint density at radius 3 is 1.74 bits per heavy atom. The van der Waals surface area contributed by atoms with Crippen LogP contribution >= 0.6 is 0 Å². The molecule has 0 saturated carbocycles. The van der Waals surface area contributed by atoms with Crippen LogP contribution in [0.4, 0.5) is 0 Å². The van der Waals surface area contributed by atoms with E-state index in [2.05, 4.69) is 0 Å². The average Bonchev–Trinajstić information content (AvgIpc) is 3.02. The number of hydrogen-bond acceptors (Lipinski definition) is 5. The van der Waals surface area contributed by atoms with Crippen LogP contribution in [0.15, 0.2) is 30.3 Å². The summed E-state index contributed by atoms with van der Waals surface area (Å²) in [7, 11) is -6.32. The second-order valence-corrected chi connectivity index (χ2v) is 10.6. The molecule has 0 aromatic heterocycles. The molecule has 2 atom stereocenters. The fourth-order valence-corrected chi connectivity index (χ4v) is 6.77. The molecule has 1 amide bonds. The van der Waals surface area contributed by atoms with Crippen molar-refractivity contribution in [3.63, 3.8) is 0 Å². The highest BCUT2D eigenvalue weighted by Gasteiger charge is 2.42. The first-order valence-electron chi connectivity index (χ1n) is 7.56. The normalized spacial score (nSPS) is 28.5. The summed E-state index contributed by atoms with van der Waals surface area (Å²) in [5, 5.41) is 0. The predicted molar refractivity (Wildman–Crippen MR) is 86.7 cm³/mol. The summed E-state index contributed by atoms with van der Waals surface area (Å²) in [6, 6.07) is 7.73. The Balaban J connectivity index is 1.92. The van der Waals surface area contributed by atoms with Crippen LogP contribution in [0.1, 0.15) is 23.2 Å². The van der Waals surface area contributed by atoms with Crippen LogP contribution in [0.5, 0.6) is 0 Å². The molecular formula is C15H19NO5S2. The van der Waals surface area contributed by atoms with Gasteiger partial charge >= 0.3 is 0 Å². The Kier molecular flexibility index (Phi) is 4.22. The van der Waals surface area contributed by atoms with Crippen molar-refractivity contribution in [2.24, 2.45) is 0 Å². The van der Waals surface area contributed by atoms with Crippen molar-refractivity contribution in [1.82, 2.24) is 4.90 Å². The summed E-state index contributed by atoms with van der Waals surface area (Å²) in [4.78, 5) is 14.4. The fourth-order valence-electron chi connectivity index (χ4n) is 3.35. The number of nitrogens with zero attached hydrogens (tertiary/aromatic N) is 1. The van der Waals surface area contributed by atoms with Crippen molar-refractivity contribution in [2.75, 3.05) is 23.0 Å². The lowest BCUT2D eigenvalue weighted by Gasteiger charge is -2.33. The first-order chi connectivity index (χ1) is 10.8. The van der Waals surface area contributed by atoms with E-state index >= 15 is 0 Å². The lowest BCUT2D eigenvalue weighted by Crippen LogP contribution is -2.48. The fraction of sp³-hybridized carbons (Fsp3) is 0.533. The van der Waals surface area contributed by atoms with Gasteiger partial charge in [-0.25, -0.2) is 16.8 Å². The molecule has 2 unspecified atom stereocenters. The van der Waals surface area contributed by atoms with Crippen molar-refractivity contribution in [1.29, 1.82) is 0 Å².